The monoisotopic (exact) mass is 340 g/mol. The number of nitrogens with one attached hydrogen (secondary N) is 1. The summed E-state index contributed by atoms with van der Waals surface area (Å²) in [6, 6.07) is 8.41. The van der Waals surface area contributed by atoms with Crippen molar-refractivity contribution < 1.29 is 14.1 Å². The normalized spacial score (nSPS) is 10.3. The maximum Gasteiger partial charge on any atom is 0.311 e. The standard InChI is InChI=1S/C13H13BrN2O4/c1-19-12-8-9(2-4-11(12)16(17)18)15-7-6-10-3-5-13(14)20-10/h2-5,8,15H,6-7H2,1H3. The van der Waals surface area contributed by atoms with Crippen LogP contribution in [0, 0.1) is 10.1 Å². The molecular formula is C13H13BrN2O4. The summed E-state index contributed by atoms with van der Waals surface area (Å²) in [7, 11) is 1.41. The molecule has 1 aromatic heterocycles. The molecule has 0 atom stereocenters. The fourth-order valence-electron chi connectivity index (χ4n) is 1.75. The van der Waals surface area contributed by atoms with Gasteiger partial charge in [-0.1, -0.05) is 0 Å². The van der Waals surface area contributed by atoms with Crippen molar-refractivity contribution in [3.05, 3.63) is 50.9 Å². The molecule has 1 aromatic carbocycles. The molecule has 1 N–H and O–H groups in total. The van der Waals surface area contributed by atoms with Crippen molar-refractivity contribution in [1.29, 1.82) is 0 Å². The van der Waals surface area contributed by atoms with Gasteiger partial charge in [-0.25, -0.2) is 0 Å². The molecule has 106 valence electrons. The number of hydrogen-bond donors (Lipinski definition) is 1. The first-order chi connectivity index (χ1) is 9.60. The van der Waals surface area contributed by atoms with Gasteiger partial charge < -0.3 is 14.5 Å². The third-order valence-electron chi connectivity index (χ3n) is 2.71. The lowest BCUT2D eigenvalue weighted by Gasteiger charge is -2.07. The SMILES string of the molecule is COc1cc(NCCc2ccc(Br)o2)ccc1[N+](=O)[O-]. The third-order valence-corrected chi connectivity index (χ3v) is 3.13. The van der Waals surface area contributed by atoms with Gasteiger partial charge in [0.05, 0.1) is 12.0 Å². The molecule has 0 fully saturated rings. The average molecular weight is 341 g/mol. The molecule has 0 bridgehead atoms. The molecule has 0 saturated heterocycles. The Morgan fingerprint density at radius 2 is 2.20 bits per heavy atom. The van der Waals surface area contributed by atoms with E-state index in [4.69, 9.17) is 9.15 Å². The van der Waals surface area contributed by atoms with Crippen LogP contribution in [-0.2, 0) is 6.42 Å². The van der Waals surface area contributed by atoms with Crippen LogP contribution in [0.4, 0.5) is 11.4 Å². The number of hydrogen-bond acceptors (Lipinski definition) is 5. The Kier molecular flexibility index (Phi) is 4.62. The Morgan fingerprint density at radius 1 is 1.40 bits per heavy atom. The second kappa shape index (κ2) is 6.42. The number of nitro groups is 1. The van der Waals surface area contributed by atoms with Crippen LogP contribution in [0.5, 0.6) is 5.75 Å². The lowest BCUT2D eigenvalue weighted by molar-refractivity contribution is -0.385. The highest BCUT2D eigenvalue weighted by Gasteiger charge is 2.14. The average Bonchev–Trinajstić information content (AvgIpc) is 2.84. The highest BCUT2D eigenvalue weighted by Crippen LogP contribution is 2.29. The van der Waals surface area contributed by atoms with Crippen molar-refractivity contribution >= 4 is 27.3 Å². The largest absolute Gasteiger partial charge is 0.490 e. The van der Waals surface area contributed by atoms with Crippen LogP contribution in [0.25, 0.3) is 0 Å². The number of nitro benzene ring substituents is 1. The summed E-state index contributed by atoms with van der Waals surface area (Å²) in [5.41, 5.74) is 0.714. The van der Waals surface area contributed by atoms with E-state index in [0.29, 0.717) is 17.6 Å². The van der Waals surface area contributed by atoms with E-state index in [-0.39, 0.29) is 11.4 Å². The molecule has 0 radical (unpaired) electrons. The molecule has 0 aliphatic carbocycles. The summed E-state index contributed by atoms with van der Waals surface area (Å²) >= 11 is 3.24. The smallest absolute Gasteiger partial charge is 0.311 e. The maximum atomic E-state index is 10.8. The first-order valence-corrected chi connectivity index (χ1v) is 6.70. The predicted molar refractivity (Wildman–Crippen MR) is 78.3 cm³/mol. The predicted octanol–water partition coefficient (Wildman–Crippen LogP) is 3.61. The van der Waals surface area contributed by atoms with E-state index in [2.05, 4.69) is 21.2 Å². The Hall–Kier alpha value is -2.02. The highest BCUT2D eigenvalue weighted by molar-refractivity contribution is 9.10. The van der Waals surface area contributed by atoms with Crippen LogP contribution in [0.3, 0.4) is 0 Å². The van der Waals surface area contributed by atoms with Crippen LogP contribution < -0.4 is 10.1 Å². The van der Waals surface area contributed by atoms with Crippen LogP contribution in [-0.4, -0.2) is 18.6 Å². The third kappa shape index (κ3) is 3.51. The van der Waals surface area contributed by atoms with Gasteiger partial charge in [-0.15, -0.1) is 0 Å². The molecule has 6 nitrogen and oxygen atoms in total. The fourth-order valence-corrected chi connectivity index (χ4v) is 2.09. The van der Waals surface area contributed by atoms with Gasteiger partial charge in [-0.2, -0.15) is 0 Å². The van der Waals surface area contributed by atoms with Gasteiger partial charge in [0.15, 0.2) is 10.4 Å². The number of benzene rings is 1. The minimum atomic E-state index is -0.469. The number of ether oxygens (including phenoxy) is 1. The van der Waals surface area contributed by atoms with Crippen LogP contribution in [0.1, 0.15) is 5.76 Å². The second-order valence-corrected chi connectivity index (χ2v) is 4.81. The minimum absolute atomic E-state index is 0.0481. The topological polar surface area (TPSA) is 77.5 Å². The molecule has 0 spiro atoms. The number of furan rings is 1. The maximum absolute atomic E-state index is 10.8. The summed E-state index contributed by atoms with van der Waals surface area (Å²) in [6.07, 6.45) is 0.713. The number of nitrogens with zero attached hydrogens (tertiary/aromatic N) is 1. The van der Waals surface area contributed by atoms with E-state index in [1.165, 1.54) is 13.2 Å². The molecule has 0 aliphatic heterocycles. The summed E-state index contributed by atoms with van der Waals surface area (Å²) in [4.78, 5) is 10.3. The summed E-state index contributed by atoms with van der Waals surface area (Å²) < 4.78 is 11.1. The van der Waals surface area contributed by atoms with Crippen LogP contribution in [0.15, 0.2) is 39.4 Å². The molecule has 2 rings (SSSR count). The first kappa shape index (κ1) is 14.4. The van der Waals surface area contributed by atoms with E-state index in [1.807, 2.05) is 12.1 Å². The van der Waals surface area contributed by atoms with Gasteiger partial charge in [0.25, 0.3) is 0 Å². The van der Waals surface area contributed by atoms with E-state index in [9.17, 15) is 10.1 Å². The van der Waals surface area contributed by atoms with Gasteiger partial charge in [0.2, 0.25) is 0 Å². The zero-order chi connectivity index (χ0) is 14.5. The first-order valence-electron chi connectivity index (χ1n) is 5.90. The summed E-state index contributed by atoms with van der Waals surface area (Å²) in [5, 5.41) is 13.9. The molecule has 0 aliphatic rings. The number of rotatable bonds is 6. The van der Waals surface area contributed by atoms with Gasteiger partial charge in [-0.05, 0) is 34.1 Å². The molecular weight excluding hydrogens is 328 g/mol. The van der Waals surface area contributed by atoms with Gasteiger partial charge in [0.1, 0.15) is 5.76 Å². The Labute approximate surface area is 124 Å². The van der Waals surface area contributed by atoms with Crippen molar-refractivity contribution in [2.45, 2.75) is 6.42 Å². The molecule has 20 heavy (non-hydrogen) atoms. The van der Waals surface area contributed by atoms with Gasteiger partial charge in [0, 0.05) is 30.8 Å². The Morgan fingerprint density at radius 3 is 2.80 bits per heavy atom. The van der Waals surface area contributed by atoms with Gasteiger partial charge >= 0.3 is 5.69 Å². The quantitative estimate of drug-likeness (QED) is 0.641. The van der Waals surface area contributed by atoms with Crippen molar-refractivity contribution in [3.63, 3.8) is 0 Å². The van der Waals surface area contributed by atoms with Crippen molar-refractivity contribution in [1.82, 2.24) is 0 Å². The Bertz CT molecular complexity index is 612. The van der Waals surface area contributed by atoms with E-state index in [0.717, 1.165) is 11.4 Å². The van der Waals surface area contributed by atoms with Crippen molar-refractivity contribution in [2.24, 2.45) is 0 Å². The van der Waals surface area contributed by atoms with E-state index >= 15 is 0 Å². The molecule has 1 heterocycles. The lowest BCUT2D eigenvalue weighted by atomic mass is 10.2. The molecule has 0 saturated carbocycles. The molecule has 0 amide bonds. The van der Waals surface area contributed by atoms with Crippen molar-refractivity contribution in [2.75, 3.05) is 19.0 Å². The van der Waals surface area contributed by atoms with E-state index in [1.54, 1.807) is 12.1 Å². The number of methoxy groups -OCH3 is 1. The Balaban J connectivity index is 1.97. The summed E-state index contributed by atoms with van der Waals surface area (Å²) in [5.74, 6) is 1.10. The highest BCUT2D eigenvalue weighted by atomic mass is 79.9. The van der Waals surface area contributed by atoms with Gasteiger partial charge in [-0.3, -0.25) is 10.1 Å². The zero-order valence-electron chi connectivity index (χ0n) is 10.8. The lowest BCUT2D eigenvalue weighted by Crippen LogP contribution is -2.04. The molecule has 2 aromatic rings. The zero-order valence-corrected chi connectivity index (χ0v) is 12.3. The number of anilines is 1. The van der Waals surface area contributed by atoms with Crippen molar-refractivity contribution in [3.8, 4) is 5.75 Å². The fraction of sp³-hybridized carbons (Fsp3) is 0.231. The van der Waals surface area contributed by atoms with Crippen LogP contribution in [0.2, 0.25) is 0 Å². The molecule has 7 heteroatoms. The number of halogens is 1. The summed E-state index contributed by atoms with van der Waals surface area (Å²) in [6.45, 7) is 0.654. The minimum Gasteiger partial charge on any atom is -0.490 e. The second-order valence-electron chi connectivity index (χ2n) is 4.03. The van der Waals surface area contributed by atoms with E-state index < -0.39 is 4.92 Å². The van der Waals surface area contributed by atoms with Crippen LogP contribution >= 0.6 is 15.9 Å². The molecule has 0 unspecified atom stereocenters.